The van der Waals surface area contributed by atoms with E-state index < -0.39 is 6.67 Å². The van der Waals surface area contributed by atoms with Crippen LogP contribution in [0.25, 0.3) is 11.1 Å². The second kappa shape index (κ2) is 5.93. The molecule has 0 aromatic heterocycles. The van der Waals surface area contributed by atoms with E-state index in [0.29, 0.717) is 19.7 Å². The van der Waals surface area contributed by atoms with Crippen molar-refractivity contribution in [2.24, 2.45) is 0 Å². The minimum absolute atomic E-state index is 0.0200. The second-order valence-corrected chi connectivity index (χ2v) is 6.65. The number of carbonyl (C=O) groups is 1. The molecule has 24 heavy (non-hydrogen) atoms. The average Bonchev–Trinajstić information content (AvgIpc) is 3.21. The highest BCUT2D eigenvalue weighted by molar-refractivity contribution is 5.77. The van der Waals surface area contributed by atoms with Crippen LogP contribution in [0.5, 0.6) is 5.75 Å². The number of alkyl halides is 1. The van der Waals surface area contributed by atoms with Crippen molar-refractivity contribution in [2.75, 3.05) is 26.4 Å². The van der Waals surface area contributed by atoms with E-state index in [-0.39, 0.29) is 17.7 Å². The third kappa shape index (κ3) is 2.46. The number of amides is 1. The van der Waals surface area contributed by atoms with Crippen molar-refractivity contribution in [1.82, 2.24) is 4.90 Å². The quantitative estimate of drug-likeness (QED) is 0.863. The molecule has 1 atom stereocenters. The first-order chi connectivity index (χ1) is 11.7. The zero-order valence-electron chi connectivity index (χ0n) is 13.5. The first kappa shape index (κ1) is 15.2. The largest absolute Gasteiger partial charge is 0.492 e. The molecular weight excluding hydrogens is 305 g/mol. The molecule has 2 aromatic rings. The molecule has 1 unspecified atom stereocenters. The Morgan fingerprint density at radius 2 is 2.00 bits per heavy atom. The number of hydrogen-bond donors (Lipinski definition) is 0. The lowest BCUT2D eigenvalue weighted by molar-refractivity contribution is -0.130. The summed E-state index contributed by atoms with van der Waals surface area (Å²) in [6.07, 6.45) is 0.851. The molecule has 1 fully saturated rings. The van der Waals surface area contributed by atoms with E-state index in [9.17, 15) is 9.18 Å². The van der Waals surface area contributed by atoms with Crippen molar-refractivity contribution in [2.45, 2.75) is 18.3 Å². The van der Waals surface area contributed by atoms with Crippen LogP contribution in [0.2, 0.25) is 0 Å². The summed E-state index contributed by atoms with van der Waals surface area (Å²) in [5.41, 5.74) is 3.37. The molecule has 124 valence electrons. The van der Waals surface area contributed by atoms with E-state index in [1.165, 1.54) is 11.1 Å². The normalized spacial score (nSPS) is 21.8. The molecule has 0 aliphatic carbocycles. The Morgan fingerprint density at radius 3 is 2.79 bits per heavy atom. The van der Waals surface area contributed by atoms with Gasteiger partial charge in [-0.3, -0.25) is 9.18 Å². The van der Waals surface area contributed by atoms with Gasteiger partial charge in [0, 0.05) is 18.7 Å². The van der Waals surface area contributed by atoms with E-state index in [1.54, 1.807) is 4.90 Å². The lowest BCUT2D eigenvalue weighted by Gasteiger charge is -2.23. The highest BCUT2D eigenvalue weighted by atomic mass is 19.1. The van der Waals surface area contributed by atoms with Crippen LogP contribution in [0.3, 0.4) is 0 Å². The van der Waals surface area contributed by atoms with Crippen LogP contribution in [0.15, 0.2) is 48.5 Å². The van der Waals surface area contributed by atoms with Crippen LogP contribution in [0.4, 0.5) is 4.39 Å². The molecule has 0 radical (unpaired) electrons. The molecule has 2 heterocycles. The van der Waals surface area contributed by atoms with Gasteiger partial charge in [-0.05, 0) is 29.7 Å². The number of benzene rings is 2. The van der Waals surface area contributed by atoms with E-state index >= 15 is 0 Å². The van der Waals surface area contributed by atoms with Crippen LogP contribution in [-0.4, -0.2) is 37.2 Å². The van der Waals surface area contributed by atoms with Crippen molar-refractivity contribution in [3.63, 3.8) is 0 Å². The fourth-order valence-corrected chi connectivity index (χ4v) is 3.84. The highest BCUT2D eigenvalue weighted by Gasteiger charge is 2.47. The van der Waals surface area contributed by atoms with Crippen molar-refractivity contribution in [3.8, 4) is 16.9 Å². The number of halogens is 1. The molecule has 2 aliphatic rings. The molecule has 0 N–H and O–H groups in total. The van der Waals surface area contributed by atoms with E-state index in [1.807, 2.05) is 24.3 Å². The molecule has 1 spiro atoms. The number of rotatable bonds is 3. The van der Waals surface area contributed by atoms with Crippen LogP contribution < -0.4 is 4.74 Å². The molecule has 3 nitrogen and oxygen atoms in total. The summed E-state index contributed by atoms with van der Waals surface area (Å²) >= 11 is 0. The first-order valence-electron chi connectivity index (χ1n) is 8.38. The van der Waals surface area contributed by atoms with Crippen molar-refractivity contribution in [3.05, 3.63) is 54.1 Å². The molecule has 0 bridgehead atoms. The lowest BCUT2D eigenvalue weighted by Crippen LogP contribution is -2.35. The van der Waals surface area contributed by atoms with Crippen molar-refractivity contribution >= 4 is 5.91 Å². The summed E-state index contributed by atoms with van der Waals surface area (Å²) in [6, 6.07) is 16.6. The van der Waals surface area contributed by atoms with Gasteiger partial charge in [-0.2, -0.15) is 0 Å². The minimum Gasteiger partial charge on any atom is -0.492 e. The molecule has 2 aliphatic heterocycles. The predicted octanol–water partition coefficient (Wildman–Crippen LogP) is 3.58. The highest BCUT2D eigenvalue weighted by Crippen LogP contribution is 2.46. The van der Waals surface area contributed by atoms with Gasteiger partial charge < -0.3 is 9.64 Å². The maximum Gasteiger partial charge on any atom is 0.225 e. The Hall–Kier alpha value is -2.36. The zero-order chi connectivity index (χ0) is 16.6. The number of carbonyl (C=O) groups excluding carboxylic acids is 1. The lowest BCUT2D eigenvalue weighted by atomic mass is 9.80. The average molecular weight is 325 g/mol. The number of likely N-dealkylation sites (tertiary alicyclic amines) is 1. The molecule has 1 amide bonds. The Morgan fingerprint density at radius 1 is 1.17 bits per heavy atom. The Bertz CT molecular complexity index is 761. The second-order valence-electron chi connectivity index (χ2n) is 6.65. The Balaban J connectivity index is 1.65. The Labute approximate surface area is 141 Å². The first-order valence-corrected chi connectivity index (χ1v) is 8.38. The van der Waals surface area contributed by atoms with Crippen molar-refractivity contribution < 1.29 is 13.9 Å². The number of ether oxygens (including phenoxy) is 1. The molecule has 0 saturated carbocycles. The van der Waals surface area contributed by atoms with Gasteiger partial charge in [0.15, 0.2) is 0 Å². The third-order valence-corrected chi connectivity index (χ3v) is 5.18. The summed E-state index contributed by atoms with van der Waals surface area (Å²) < 4.78 is 18.4. The van der Waals surface area contributed by atoms with E-state index in [4.69, 9.17) is 4.74 Å². The summed E-state index contributed by atoms with van der Waals surface area (Å²) in [5, 5.41) is 0. The van der Waals surface area contributed by atoms with Crippen LogP contribution in [0.1, 0.15) is 18.4 Å². The van der Waals surface area contributed by atoms with Gasteiger partial charge in [0.25, 0.3) is 0 Å². The Kier molecular flexibility index (Phi) is 3.75. The monoisotopic (exact) mass is 325 g/mol. The van der Waals surface area contributed by atoms with E-state index in [2.05, 4.69) is 24.3 Å². The fraction of sp³-hybridized carbons (Fsp3) is 0.350. The van der Waals surface area contributed by atoms with Gasteiger partial charge >= 0.3 is 0 Å². The maximum atomic E-state index is 12.5. The van der Waals surface area contributed by atoms with Gasteiger partial charge in [0.05, 0.1) is 25.1 Å². The smallest absolute Gasteiger partial charge is 0.225 e. The molecule has 1 saturated heterocycles. The topological polar surface area (TPSA) is 29.5 Å². The number of hydrogen-bond acceptors (Lipinski definition) is 2. The molecule has 4 rings (SSSR count). The minimum atomic E-state index is -0.590. The van der Waals surface area contributed by atoms with Gasteiger partial charge in [-0.1, -0.05) is 36.4 Å². The molecule has 4 heteroatoms. The van der Waals surface area contributed by atoms with Gasteiger partial charge in [0.1, 0.15) is 5.75 Å². The van der Waals surface area contributed by atoms with Crippen molar-refractivity contribution in [1.29, 1.82) is 0 Å². The van der Waals surface area contributed by atoms with Crippen LogP contribution in [0, 0.1) is 0 Å². The van der Waals surface area contributed by atoms with Crippen LogP contribution in [-0.2, 0) is 10.2 Å². The summed E-state index contributed by atoms with van der Waals surface area (Å²) in [4.78, 5) is 13.8. The maximum absolute atomic E-state index is 12.5. The fourth-order valence-electron chi connectivity index (χ4n) is 3.84. The number of nitrogens with zero attached hydrogens (tertiary/aromatic N) is 1. The number of fused-ring (bicyclic) bond motifs is 2. The summed E-state index contributed by atoms with van der Waals surface area (Å²) in [7, 11) is 0. The van der Waals surface area contributed by atoms with Gasteiger partial charge in [-0.25, -0.2) is 0 Å². The molecular formula is C20H20FNO2. The predicted molar refractivity (Wildman–Crippen MR) is 90.8 cm³/mol. The summed E-state index contributed by atoms with van der Waals surface area (Å²) in [6.45, 7) is 1.31. The summed E-state index contributed by atoms with van der Waals surface area (Å²) in [5.74, 6) is 0.816. The third-order valence-electron chi connectivity index (χ3n) is 5.18. The standard InChI is InChI=1S/C20H20FNO2/c21-10-8-19(23)22-11-9-20(13-22)14-24-18-7-6-16(12-17(18)20)15-4-2-1-3-5-15/h1-7,12H,8-11,13-14H2. The van der Waals surface area contributed by atoms with E-state index in [0.717, 1.165) is 17.7 Å². The van der Waals surface area contributed by atoms with Gasteiger partial charge in [0.2, 0.25) is 5.91 Å². The molecule has 2 aromatic carbocycles. The zero-order valence-corrected chi connectivity index (χ0v) is 13.5. The van der Waals surface area contributed by atoms with Crippen LogP contribution >= 0.6 is 0 Å². The SMILES string of the molecule is O=C(CCF)N1CCC2(COc3ccc(-c4ccccc4)cc32)C1. The van der Waals surface area contributed by atoms with Gasteiger partial charge in [-0.15, -0.1) is 0 Å².